The van der Waals surface area contributed by atoms with Gasteiger partial charge in [-0.3, -0.25) is 4.99 Å². The van der Waals surface area contributed by atoms with Crippen LogP contribution < -0.4 is 5.32 Å². The fourth-order valence-corrected chi connectivity index (χ4v) is 5.01. The number of hydrogen-bond acceptors (Lipinski definition) is 3. The number of nitrogens with one attached hydrogen (secondary N) is 1. The Balaban J connectivity index is 1.46. The van der Waals surface area contributed by atoms with Gasteiger partial charge in [-0.2, -0.15) is 13.2 Å². The summed E-state index contributed by atoms with van der Waals surface area (Å²) in [6, 6.07) is 5.66. The van der Waals surface area contributed by atoms with Crippen molar-refractivity contribution in [3.8, 4) is 0 Å². The van der Waals surface area contributed by atoms with Crippen molar-refractivity contribution in [3.05, 3.63) is 35.4 Å². The molecule has 1 saturated carbocycles. The molecule has 29 heavy (non-hydrogen) atoms. The Morgan fingerprint density at radius 1 is 1.24 bits per heavy atom. The van der Waals surface area contributed by atoms with Crippen molar-refractivity contribution >= 4 is 5.96 Å². The summed E-state index contributed by atoms with van der Waals surface area (Å²) in [5.41, 5.74) is -0.0981. The molecule has 0 bridgehead atoms. The highest BCUT2D eigenvalue weighted by Gasteiger charge is 2.59. The van der Waals surface area contributed by atoms with Crippen LogP contribution in [0.2, 0.25) is 0 Å². The van der Waals surface area contributed by atoms with Gasteiger partial charge in [0.2, 0.25) is 0 Å². The summed E-state index contributed by atoms with van der Waals surface area (Å²) in [5, 5.41) is 3.60. The lowest BCUT2D eigenvalue weighted by molar-refractivity contribution is -0.137. The van der Waals surface area contributed by atoms with Crippen LogP contribution in [-0.2, 0) is 15.7 Å². The van der Waals surface area contributed by atoms with Gasteiger partial charge < -0.3 is 19.7 Å². The molecule has 2 aliphatic heterocycles. The van der Waals surface area contributed by atoms with E-state index in [0.29, 0.717) is 31.2 Å². The van der Waals surface area contributed by atoms with Gasteiger partial charge in [-0.15, -0.1) is 0 Å². The standard InChI is InChI=1S/C21H28F3N3O2/c1-20(2)17(15-7-9-29-18(15)20)26-19(25-3)27-8-10-28-16(12-27)13-5-4-6-14(11-13)21(22,23)24/h4-6,11,15-18H,7-10,12H2,1-3H3,(H,25,26). The molecule has 0 spiro atoms. The lowest BCUT2D eigenvalue weighted by Gasteiger charge is -2.55. The van der Waals surface area contributed by atoms with E-state index >= 15 is 0 Å². The minimum Gasteiger partial charge on any atom is -0.377 e. The van der Waals surface area contributed by atoms with Crippen LogP contribution in [0.5, 0.6) is 0 Å². The molecule has 8 heteroatoms. The Bertz CT molecular complexity index is 781. The second-order valence-electron chi connectivity index (χ2n) is 8.66. The smallest absolute Gasteiger partial charge is 0.377 e. The first-order valence-corrected chi connectivity index (χ1v) is 10.1. The minimum atomic E-state index is -4.36. The highest BCUT2D eigenvalue weighted by atomic mass is 19.4. The van der Waals surface area contributed by atoms with Gasteiger partial charge in [-0.1, -0.05) is 26.0 Å². The monoisotopic (exact) mass is 411 g/mol. The van der Waals surface area contributed by atoms with E-state index in [1.807, 2.05) is 0 Å². The van der Waals surface area contributed by atoms with Crippen LogP contribution in [0, 0.1) is 11.3 Å². The van der Waals surface area contributed by atoms with Crippen molar-refractivity contribution < 1.29 is 22.6 Å². The lowest BCUT2D eigenvalue weighted by Crippen LogP contribution is -2.68. The Labute approximate surface area is 169 Å². The quantitative estimate of drug-likeness (QED) is 0.598. The molecular weight excluding hydrogens is 383 g/mol. The number of guanidine groups is 1. The summed E-state index contributed by atoms with van der Waals surface area (Å²) in [7, 11) is 1.74. The highest BCUT2D eigenvalue weighted by Crippen LogP contribution is 2.52. The van der Waals surface area contributed by atoms with Crippen LogP contribution in [0.1, 0.15) is 37.5 Å². The summed E-state index contributed by atoms with van der Waals surface area (Å²) in [4.78, 5) is 6.53. The maximum Gasteiger partial charge on any atom is 0.416 e. The van der Waals surface area contributed by atoms with Crippen LogP contribution in [0.3, 0.4) is 0 Å². The number of alkyl halides is 3. The summed E-state index contributed by atoms with van der Waals surface area (Å²) in [5.74, 6) is 1.25. The number of nitrogens with zero attached hydrogens (tertiary/aromatic N) is 2. The molecule has 1 aromatic rings. The van der Waals surface area contributed by atoms with E-state index in [1.165, 1.54) is 12.1 Å². The molecule has 0 aromatic heterocycles. The van der Waals surface area contributed by atoms with E-state index in [4.69, 9.17) is 9.47 Å². The van der Waals surface area contributed by atoms with E-state index in [-0.39, 0.29) is 17.6 Å². The largest absolute Gasteiger partial charge is 0.416 e. The van der Waals surface area contributed by atoms with Gasteiger partial charge in [0.15, 0.2) is 5.96 Å². The molecule has 3 fully saturated rings. The normalized spacial score (nSPS) is 31.9. The maximum atomic E-state index is 13.1. The first kappa shape index (κ1) is 20.5. The Kier molecular flexibility index (Phi) is 5.27. The minimum absolute atomic E-state index is 0.0177. The summed E-state index contributed by atoms with van der Waals surface area (Å²) >= 11 is 0. The van der Waals surface area contributed by atoms with Crippen molar-refractivity contribution in [2.45, 2.75) is 44.7 Å². The predicted molar refractivity (Wildman–Crippen MR) is 104 cm³/mol. The molecule has 5 nitrogen and oxygen atoms in total. The number of benzene rings is 1. The second kappa shape index (κ2) is 7.47. The molecule has 160 valence electrons. The van der Waals surface area contributed by atoms with Crippen molar-refractivity contribution in [2.75, 3.05) is 33.4 Å². The van der Waals surface area contributed by atoms with Gasteiger partial charge in [0.1, 0.15) is 6.10 Å². The fraction of sp³-hybridized carbons (Fsp3) is 0.667. The number of fused-ring (bicyclic) bond motifs is 1. The molecule has 2 heterocycles. The van der Waals surface area contributed by atoms with E-state index in [1.54, 1.807) is 13.1 Å². The molecule has 3 aliphatic rings. The fourth-order valence-electron chi connectivity index (χ4n) is 5.01. The van der Waals surface area contributed by atoms with E-state index in [0.717, 1.165) is 25.1 Å². The average Bonchev–Trinajstić information content (AvgIpc) is 3.15. The zero-order valence-corrected chi connectivity index (χ0v) is 17.0. The molecule has 4 rings (SSSR count). The SMILES string of the molecule is CN=C(NC1C2CCOC2C1(C)C)N1CCOC(c2cccc(C(F)(F)F)c2)C1. The Hall–Kier alpha value is -1.80. The molecule has 2 saturated heterocycles. The summed E-state index contributed by atoms with van der Waals surface area (Å²) in [6.07, 6.45) is -3.47. The Morgan fingerprint density at radius 2 is 2.03 bits per heavy atom. The predicted octanol–water partition coefficient (Wildman–Crippen LogP) is 3.47. The number of aliphatic imine (C=N–C) groups is 1. The van der Waals surface area contributed by atoms with E-state index in [9.17, 15) is 13.2 Å². The number of ether oxygens (including phenoxy) is 2. The maximum absolute atomic E-state index is 13.1. The van der Waals surface area contributed by atoms with Gasteiger partial charge in [-0.05, 0) is 24.1 Å². The zero-order valence-electron chi connectivity index (χ0n) is 17.0. The number of halogens is 3. The third-order valence-corrected chi connectivity index (χ3v) is 6.55. The molecule has 1 N–H and O–H groups in total. The lowest BCUT2D eigenvalue weighted by atomic mass is 9.57. The zero-order chi connectivity index (χ0) is 20.8. The van der Waals surface area contributed by atoms with Crippen LogP contribution in [-0.4, -0.2) is 56.4 Å². The molecule has 1 aromatic carbocycles. The molecule has 1 aliphatic carbocycles. The molecule has 4 atom stereocenters. The van der Waals surface area contributed by atoms with Gasteiger partial charge in [-0.25, -0.2) is 0 Å². The highest BCUT2D eigenvalue weighted by molar-refractivity contribution is 5.80. The topological polar surface area (TPSA) is 46.1 Å². The van der Waals surface area contributed by atoms with Gasteiger partial charge in [0.25, 0.3) is 0 Å². The summed E-state index contributed by atoms with van der Waals surface area (Å²) in [6.45, 7) is 6.74. The van der Waals surface area contributed by atoms with Crippen molar-refractivity contribution in [3.63, 3.8) is 0 Å². The van der Waals surface area contributed by atoms with E-state index in [2.05, 4.69) is 29.1 Å². The third-order valence-electron chi connectivity index (χ3n) is 6.55. The van der Waals surface area contributed by atoms with Gasteiger partial charge >= 0.3 is 6.18 Å². The average molecular weight is 411 g/mol. The molecule has 0 radical (unpaired) electrons. The van der Waals surface area contributed by atoms with Crippen molar-refractivity contribution in [2.24, 2.45) is 16.3 Å². The van der Waals surface area contributed by atoms with Crippen LogP contribution in [0.25, 0.3) is 0 Å². The first-order valence-electron chi connectivity index (χ1n) is 10.1. The molecule has 0 amide bonds. The van der Waals surface area contributed by atoms with Crippen LogP contribution >= 0.6 is 0 Å². The van der Waals surface area contributed by atoms with Crippen LogP contribution in [0.4, 0.5) is 13.2 Å². The van der Waals surface area contributed by atoms with Gasteiger partial charge in [0.05, 0.1) is 24.8 Å². The van der Waals surface area contributed by atoms with Crippen molar-refractivity contribution in [1.82, 2.24) is 10.2 Å². The number of morpholine rings is 1. The first-order chi connectivity index (χ1) is 13.7. The number of hydrogen-bond donors (Lipinski definition) is 1. The van der Waals surface area contributed by atoms with Crippen molar-refractivity contribution in [1.29, 1.82) is 0 Å². The Morgan fingerprint density at radius 3 is 2.76 bits per heavy atom. The van der Waals surface area contributed by atoms with Crippen LogP contribution in [0.15, 0.2) is 29.3 Å². The number of rotatable bonds is 2. The molecule has 4 unspecified atom stereocenters. The molecular formula is C21H28F3N3O2. The summed E-state index contributed by atoms with van der Waals surface area (Å²) < 4.78 is 50.9. The van der Waals surface area contributed by atoms with Gasteiger partial charge in [0, 0.05) is 37.6 Å². The second-order valence-corrected chi connectivity index (χ2v) is 8.66. The van der Waals surface area contributed by atoms with E-state index < -0.39 is 17.8 Å². The third kappa shape index (κ3) is 3.72.